The SMILES string of the molecule is CCOC1CC(N)(C(=O)Nc2nnc(C(F)(F)F)s2)C1(C)C. The second-order valence-electron chi connectivity index (χ2n) is 5.71. The molecular weight excluding hydrogens is 321 g/mol. The molecule has 1 aliphatic rings. The number of rotatable bonds is 4. The van der Waals surface area contributed by atoms with E-state index >= 15 is 0 Å². The van der Waals surface area contributed by atoms with Crippen LogP contribution in [0.2, 0.25) is 0 Å². The van der Waals surface area contributed by atoms with Crippen molar-refractivity contribution in [1.29, 1.82) is 0 Å². The molecule has 2 atom stereocenters. The van der Waals surface area contributed by atoms with Crippen LogP contribution < -0.4 is 11.1 Å². The number of aromatic nitrogens is 2. The zero-order chi connectivity index (χ0) is 16.8. The Morgan fingerprint density at radius 1 is 1.50 bits per heavy atom. The van der Waals surface area contributed by atoms with Gasteiger partial charge in [-0.05, 0) is 6.92 Å². The number of hydrogen-bond acceptors (Lipinski definition) is 6. The average molecular weight is 338 g/mol. The van der Waals surface area contributed by atoms with Crippen molar-refractivity contribution < 1.29 is 22.7 Å². The van der Waals surface area contributed by atoms with Gasteiger partial charge in [0, 0.05) is 18.4 Å². The van der Waals surface area contributed by atoms with Gasteiger partial charge in [0.1, 0.15) is 5.54 Å². The Labute approximate surface area is 129 Å². The van der Waals surface area contributed by atoms with Crippen LogP contribution in [0.15, 0.2) is 0 Å². The fraction of sp³-hybridized carbons (Fsp3) is 0.750. The Morgan fingerprint density at radius 3 is 2.59 bits per heavy atom. The molecule has 0 aliphatic heterocycles. The van der Waals surface area contributed by atoms with Gasteiger partial charge in [-0.15, -0.1) is 10.2 Å². The summed E-state index contributed by atoms with van der Waals surface area (Å²) in [6.45, 7) is 5.92. The highest BCUT2D eigenvalue weighted by atomic mass is 32.1. The second kappa shape index (κ2) is 5.43. The summed E-state index contributed by atoms with van der Waals surface area (Å²) in [6, 6.07) is 0. The first-order chi connectivity index (χ1) is 10.0. The Morgan fingerprint density at radius 2 is 2.14 bits per heavy atom. The molecule has 1 aromatic rings. The van der Waals surface area contributed by atoms with Crippen LogP contribution in [0.25, 0.3) is 0 Å². The Balaban J connectivity index is 2.08. The van der Waals surface area contributed by atoms with Crippen molar-refractivity contribution in [3.8, 4) is 0 Å². The fourth-order valence-electron chi connectivity index (χ4n) is 2.42. The standard InChI is InChI=1S/C12H17F3N4O2S/c1-4-21-6-5-11(16,10(6,2)3)7(20)17-9-19-18-8(22-9)12(13,14)15/h6H,4-5,16H2,1-3H3,(H,17,19,20). The summed E-state index contributed by atoms with van der Waals surface area (Å²) >= 11 is 0.264. The number of ether oxygens (including phenoxy) is 1. The molecule has 124 valence electrons. The quantitative estimate of drug-likeness (QED) is 0.877. The van der Waals surface area contributed by atoms with E-state index < -0.39 is 28.0 Å². The van der Waals surface area contributed by atoms with Gasteiger partial charge in [0.25, 0.3) is 0 Å². The van der Waals surface area contributed by atoms with Gasteiger partial charge in [0.15, 0.2) is 0 Å². The normalized spacial score (nSPS) is 27.3. The maximum absolute atomic E-state index is 12.5. The summed E-state index contributed by atoms with van der Waals surface area (Å²) in [4.78, 5) is 12.3. The molecule has 1 amide bonds. The molecule has 1 heterocycles. The first kappa shape index (κ1) is 17.1. The molecule has 0 spiro atoms. The highest BCUT2D eigenvalue weighted by molar-refractivity contribution is 7.15. The van der Waals surface area contributed by atoms with Crippen LogP contribution >= 0.6 is 11.3 Å². The number of carbonyl (C=O) groups excluding carboxylic acids is 1. The number of anilines is 1. The van der Waals surface area contributed by atoms with Crippen molar-refractivity contribution >= 4 is 22.4 Å². The van der Waals surface area contributed by atoms with Gasteiger partial charge in [-0.1, -0.05) is 25.2 Å². The minimum atomic E-state index is -4.59. The van der Waals surface area contributed by atoms with Crippen molar-refractivity contribution in [3.63, 3.8) is 0 Å². The van der Waals surface area contributed by atoms with Crippen molar-refractivity contribution in [1.82, 2.24) is 10.2 Å². The molecule has 2 unspecified atom stereocenters. The van der Waals surface area contributed by atoms with Crippen LogP contribution in [0.3, 0.4) is 0 Å². The largest absolute Gasteiger partial charge is 0.445 e. The van der Waals surface area contributed by atoms with Crippen molar-refractivity contribution in [2.24, 2.45) is 11.1 Å². The predicted molar refractivity (Wildman–Crippen MR) is 74.3 cm³/mol. The molecule has 0 saturated heterocycles. The number of nitrogens with two attached hydrogens (primary N) is 1. The number of nitrogens with one attached hydrogen (secondary N) is 1. The smallest absolute Gasteiger partial charge is 0.378 e. The third-order valence-corrected chi connectivity index (χ3v) is 5.01. The number of carbonyl (C=O) groups is 1. The molecule has 6 nitrogen and oxygen atoms in total. The van der Waals surface area contributed by atoms with Gasteiger partial charge in [0.2, 0.25) is 16.0 Å². The molecule has 1 aliphatic carbocycles. The Hall–Kier alpha value is -1.26. The fourth-order valence-corrected chi connectivity index (χ4v) is 3.02. The van der Waals surface area contributed by atoms with Crippen molar-refractivity contribution in [2.45, 2.75) is 45.0 Å². The van der Waals surface area contributed by atoms with Gasteiger partial charge < -0.3 is 10.5 Å². The van der Waals surface area contributed by atoms with E-state index in [-0.39, 0.29) is 22.6 Å². The van der Waals surface area contributed by atoms with Crippen LogP contribution in [0.4, 0.5) is 18.3 Å². The number of hydrogen-bond donors (Lipinski definition) is 2. The summed E-state index contributed by atoms with van der Waals surface area (Å²) in [5.41, 5.74) is 4.27. The van der Waals surface area contributed by atoms with Crippen LogP contribution in [-0.2, 0) is 15.7 Å². The number of nitrogens with zero attached hydrogens (tertiary/aromatic N) is 2. The predicted octanol–water partition coefficient (Wildman–Crippen LogP) is 2.03. The van der Waals surface area contributed by atoms with Gasteiger partial charge in [-0.25, -0.2) is 0 Å². The summed E-state index contributed by atoms with van der Waals surface area (Å²) in [6.07, 6.45) is -4.46. The Kier molecular flexibility index (Phi) is 4.22. The number of halogens is 3. The lowest BCUT2D eigenvalue weighted by Crippen LogP contribution is -2.74. The van der Waals surface area contributed by atoms with E-state index in [2.05, 4.69) is 15.5 Å². The topological polar surface area (TPSA) is 90.1 Å². The average Bonchev–Trinajstić information content (AvgIpc) is 2.86. The molecule has 10 heteroatoms. The van der Waals surface area contributed by atoms with Crippen molar-refractivity contribution in [3.05, 3.63) is 5.01 Å². The van der Waals surface area contributed by atoms with E-state index in [1.54, 1.807) is 13.8 Å². The maximum Gasteiger partial charge on any atom is 0.445 e. The molecular formula is C12H17F3N4O2S. The zero-order valence-corrected chi connectivity index (χ0v) is 13.1. The van der Waals surface area contributed by atoms with Crippen LogP contribution in [-0.4, -0.2) is 34.4 Å². The molecule has 1 aromatic heterocycles. The van der Waals surface area contributed by atoms with E-state index in [9.17, 15) is 18.0 Å². The monoisotopic (exact) mass is 338 g/mol. The molecule has 0 aromatic carbocycles. The summed E-state index contributed by atoms with van der Waals surface area (Å²) in [7, 11) is 0. The molecule has 0 radical (unpaired) electrons. The lowest BCUT2D eigenvalue weighted by Gasteiger charge is -2.57. The third-order valence-electron chi connectivity index (χ3n) is 4.12. The molecule has 2 rings (SSSR count). The number of amides is 1. The first-order valence-corrected chi connectivity index (χ1v) is 7.46. The van der Waals surface area contributed by atoms with E-state index in [0.29, 0.717) is 13.0 Å². The van der Waals surface area contributed by atoms with Gasteiger partial charge in [0.05, 0.1) is 6.10 Å². The summed E-state index contributed by atoms with van der Waals surface area (Å²) in [5, 5.41) is 7.32. The van der Waals surface area contributed by atoms with E-state index in [1.807, 2.05) is 6.92 Å². The maximum atomic E-state index is 12.5. The first-order valence-electron chi connectivity index (χ1n) is 6.65. The number of alkyl halides is 3. The second-order valence-corrected chi connectivity index (χ2v) is 6.68. The highest BCUT2D eigenvalue weighted by Gasteiger charge is 2.63. The Bertz CT molecular complexity index is 575. The molecule has 3 N–H and O–H groups in total. The highest BCUT2D eigenvalue weighted by Crippen LogP contribution is 2.50. The minimum Gasteiger partial charge on any atom is -0.378 e. The minimum absolute atomic E-state index is 0.173. The van der Waals surface area contributed by atoms with Crippen LogP contribution in [0, 0.1) is 5.41 Å². The lowest BCUT2D eigenvalue weighted by molar-refractivity contribution is -0.166. The van der Waals surface area contributed by atoms with Gasteiger partial charge in [-0.2, -0.15) is 13.2 Å². The molecule has 1 fully saturated rings. The lowest BCUT2D eigenvalue weighted by atomic mass is 9.54. The van der Waals surface area contributed by atoms with Gasteiger partial charge >= 0.3 is 6.18 Å². The summed E-state index contributed by atoms with van der Waals surface area (Å²) < 4.78 is 42.9. The van der Waals surface area contributed by atoms with E-state index in [4.69, 9.17) is 10.5 Å². The van der Waals surface area contributed by atoms with E-state index in [0.717, 1.165) is 0 Å². The van der Waals surface area contributed by atoms with Crippen LogP contribution in [0.5, 0.6) is 0 Å². The van der Waals surface area contributed by atoms with E-state index in [1.165, 1.54) is 0 Å². The third kappa shape index (κ3) is 2.70. The molecule has 0 bridgehead atoms. The van der Waals surface area contributed by atoms with Crippen molar-refractivity contribution in [2.75, 3.05) is 11.9 Å². The zero-order valence-electron chi connectivity index (χ0n) is 12.3. The molecule has 22 heavy (non-hydrogen) atoms. The van der Waals surface area contributed by atoms with Crippen LogP contribution in [0.1, 0.15) is 32.2 Å². The molecule has 1 saturated carbocycles. The summed E-state index contributed by atoms with van der Waals surface area (Å²) in [5.74, 6) is -0.585. The van der Waals surface area contributed by atoms with Gasteiger partial charge in [-0.3, -0.25) is 10.1 Å².